The molecule has 0 aliphatic carbocycles. The highest BCUT2D eigenvalue weighted by Gasteiger charge is 2.21. The quantitative estimate of drug-likeness (QED) is 0.735. The van der Waals surface area contributed by atoms with Crippen molar-refractivity contribution < 1.29 is 16.8 Å². The van der Waals surface area contributed by atoms with E-state index >= 15 is 0 Å². The van der Waals surface area contributed by atoms with E-state index < -0.39 is 24.1 Å². The maximum Gasteiger partial charge on any atom is 0.280 e. The molecular weight excluding hydrogens is 324 g/mol. The molecule has 6 nitrogen and oxygen atoms in total. The van der Waals surface area contributed by atoms with Crippen molar-refractivity contribution >= 4 is 29.6 Å². The first-order valence-electron chi connectivity index (χ1n) is 6.18. The van der Waals surface area contributed by atoms with Gasteiger partial charge in [-0.25, -0.2) is 21.8 Å². The molecule has 0 saturated carbocycles. The zero-order valence-corrected chi connectivity index (χ0v) is 14.3. The van der Waals surface area contributed by atoms with E-state index in [2.05, 4.69) is 4.98 Å². The van der Waals surface area contributed by atoms with E-state index in [0.29, 0.717) is 5.82 Å². The van der Waals surface area contributed by atoms with Gasteiger partial charge in [-0.3, -0.25) is 0 Å². The van der Waals surface area contributed by atoms with Gasteiger partial charge in [0.05, 0.1) is 11.0 Å². The Kier molecular flexibility index (Phi) is 5.26. The Balaban J connectivity index is 3.09. The summed E-state index contributed by atoms with van der Waals surface area (Å²) in [5.41, 5.74) is 0. The first kappa shape index (κ1) is 17.5. The number of aryl methyl sites for hydroxylation is 1. The van der Waals surface area contributed by atoms with E-state index in [0.717, 1.165) is 0 Å². The van der Waals surface area contributed by atoms with Crippen LogP contribution in [0.25, 0.3) is 0 Å². The van der Waals surface area contributed by atoms with Crippen LogP contribution in [0.15, 0.2) is 11.2 Å². The maximum absolute atomic E-state index is 11.8. The minimum Gasteiger partial charge on any atom is -0.332 e. The lowest BCUT2D eigenvalue weighted by atomic mass is 10.2. The molecule has 0 fully saturated rings. The van der Waals surface area contributed by atoms with Gasteiger partial charge in [0, 0.05) is 29.3 Å². The summed E-state index contributed by atoms with van der Waals surface area (Å²) >= 11 is 0. The smallest absolute Gasteiger partial charge is 0.280 e. The number of sulfone groups is 1. The monoisotopic (exact) mass is 342 g/mol. The summed E-state index contributed by atoms with van der Waals surface area (Å²) in [7, 11) is -1.85. The molecule has 9 heteroatoms. The number of halogens is 1. The summed E-state index contributed by atoms with van der Waals surface area (Å²) in [5, 5.41) is -0.713. The Morgan fingerprint density at radius 2 is 1.75 bits per heavy atom. The predicted molar refractivity (Wildman–Crippen MR) is 78.3 cm³/mol. The largest absolute Gasteiger partial charge is 0.332 e. The zero-order chi connectivity index (χ0) is 15.7. The third kappa shape index (κ3) is 4.20. The number of hydrogen-bond donors (Lipinski definition) is 0. The average Bonchev–Trinajstić information content (AvgIpc) is 2.69. The molecule has 0 spiro atoms. The predicted octanol–water partition coefficient (Wildman–Crippen LogP) is 1.76. The van der Waals surface area contributed by atoms with Crippen LogP contribution in [0, 0.1) is 0 Å². The van der Waals surface area contributed by atoms with Crippen molar-refractivity contribution in [1.82, 2.24) is 9.55 Å². The first-order valence-corrected chi connectivity index (χ1v) is 10.2. The van der Waals surface area contributed by atoms with Crippen LogP contribution in [0.2, 0.25) is 0 Å². The van der Waals surface area contributed by atoms with E-state index in [4.69, 9.17) is 10.7 Å². The minimum atomic E-state index is -3.92. The molecule has 1 aromatic rings. The summed E-state index contributed by atoms with van der Waals surface area (Å²) in [6.45, 7) is 7.08. The van der Waals surface area contributed by atoms with Gasteiger partial charge in [-0.05, 0) is 13.8 Å². The molecule has 0 radical (unpaired) electrons. The Hall–Kier alpha value is -0.600. The molecule has 0 bridgehead atoms. The Bertz CT molecular complexity index is 675. The zero-order valence-electron chi connectivity index (χ0n) is 11.9. The van der Waals surface area contributed by atoms with E-state index in [-0.39, 0.29) is 23.2 Å². The van der Waals surface area contributed by atoms with Crippen molar-refractivity contribution in [3.63, 3.8) is 0 Å². The fourth-order valence-corrected chi connectivity index (χ4v) is 3.23. The summed E-state index contributed by atoms with van der Waals surface area (Å²) in [5.74, 6) is 0.398. The summed E-state index contributed by atoms with van der Waals surface area (Å²) in [4.78, 5) is 3.97. The van der Waals surface area contributed by atoms with E-state index in [1.165, 1.54) is 6.20 Å². The van der Waals surface area contributed by atoms with Gasteiger partial charge in [0.2, 0.25) is 0 Å². The van der Waals surface area contributed by atoms with Crippen molar-refractivity contribution in [3.05, 3.63) is 12.0 Å². The van der Waals surface area contributed by atoms with Crippen molar-refractivity contribution in [2.45, 2.75) is 50.4 Å². The molecule has 1 heterocycles. The van der Waals surface area contributed by atoms with Crippen LogP contribution < -0.4 is 0 Å². The molecule has 0 saturated heterocycles. The molecule has 20 heavy (non-hydrogen) atoms. The van der Waals surface area contributed by atoms with E-state index in [1.807, 2.05) is 13.8 Å². The fourth-order valence-electron chi connectivity index (χ4n) is 1.62. The van der Waals surface area contributed by atoms with Crippen molar-refractivity contribution in [1.29, 1.82) is 0 Å². The molecule has 0 aromatic carbocycles. The third-order valence-corrected chi connectivity index (χ3v) is 6.25. The second-order valence-corrected chi connectivity index (χ2v) is 10.3. The minimum absolute atomic E-state index is 0.0380. The van der Waals surface area contributed by atoms with E-state index in [9.17, 15) is 16.8 Å². The van der Waals surface area contributed by atoms with Gasteiger partial charge in [0.1, 0.15) is 5.82 Å². The highest BCUT2D eigenvalue weighted by Crippen LogP contribution is 2.20. The molecule has 1 rings (SSSR count). The second kappa shape index (κ2) is 6.03. The summed E-state index contributed by atoms with van der Waals surface area (Å²) < 4.78 is 47.8. The highest BCUT2D eigenvalue weighted by atomic mass is 35.7. The summed E-state index contributed by atoms with van der Waals surface area (Å²) in [6.07, 6.45) is 1.29. The van der Waals surface area contributed by atoms with Crippen molar-refractivity contribution in [2.24, 2.45) is 0 Å². The van der Waals surface area contributed by atoms with Crippen LogP contribution in [-0.2, 0) is 25.4 Å². The third-order valence-electron chi connectivity index (χ3n) is 2.89. The van der Waals surface area contributed by atoms with Gasteiger partial charge < -0.3 is 4.57 Å². The summed E-state index contributed by atoms with van der Waals surface area (Å²) in [6, 6.07) is 0. The van der Waals surface area contributed by atoms with E-state index in [1.54, 1.807) is 18.4 Å². The Morgan fingerprint density at radius 1 is 1.20 bits per heavy atom. The van der Waals surface area contributed by atoms with Crippen molar-refractivity contribution in [3.8, 4) is 0 Å². The van der Waals surface area contributed by atoms with Crippen LogP contribution in [0.5, 0.6) is 0 Å². The van der Waals surface area contributed by atoms with Crippen molar-refractivity contribution in [2.75, 3.05) is 5.75 Å². The maximum atomic E-state index is 11.8. The Morgan fingerprint density at radius 3 is 2.15 bits per heavy atom. The normalized spacial score (nSPS) is 13.3. The second-order valence-electron chi connectivity index (χ2n) is 5.14. The van der Waals surface area contributed by atoms with Gasteiger partial charge >= 0.3 is 0 Å². The lowest BCUT2D eigenvalue weighted by Gasteiger charge is -2.11. The van der Waals surface area contributed by atoms with Gasteiger partial charge in [-0.1, -0.05) is 13.8 Å². The number of aromatic nitrogens is 2. The fraction of sp³-hybridized carbons (Fsp3) is 0.727. The van der Waals surface area contributed by atoms with Gasteiger partial charge in [0.15, 0.2) is 14.9 Å². The molecule has 0 atom stereocenters. The molecule has 116 valence electrons. The molecule has 0 N–H and O–H groups in total. The lowest BCUT2D eigenvalue weighted by Crippen LogP contribution is -2.21. The topological polar surface area (TPSA) is 86.1 Å². The number of nitrogens with zero attached hydrogens (tertiary/aromatic N) is 2. The SMILES string of the molecule is CC(C)c1nc(S(=O)(=O)Cl)cn1CCS(=O)(=O)C(C)C. The molecule has 0 unspecified atom stereocenters. The Labute approximate surface area is 124 Å². The molecule has 0 amide bonds. The van der Waals surface area contributed by atoms with Crippen LogP contribution in [0.1, 0.15) is 39.4 Å². The van der Waals surface area contributed by atoms with Crippen LogP contribution >= 0.6 is 10.7 Å². The van der Waals surface area contributed by atoms with Gasteiger partial charge in [-0.2, -0.15) is 0 Å². The molecular formula is C11H19ClN2O4S2. The molecule has 1 aromatic heterocycles. The highest BCUT2D eigenvalue weighted by molar-refractivity contribution is 8.13. The van der Waals surface area contributed by atoms with Gasteiger partial charge in [-0.15, -0.1) is 0 Å². The molecule has 0 aliphatic rings. The standard InChI is InChI=1S/C11H19ClN2O4S2/c1-8(2)11-13-10(20(12,17)18)7-14(11)5-6-19(15,16)9(3)4/h7-9H,5-6H2,1-4H3. The van der Waals surface area contributed by atoms with Gasteiger partial charge in [0.25, 0.3) is 9.05 Å². The van der Waals surface area contributed by atoms with Crippen LogP contribution in [0.4, 0.5) is 0 Å². The van der Waals surface area contributed by atoms with Crippen LogP contribution in [-0.4, -0.2) is 37.4 Å². The number of rotatable bonds is 6. The number of hydrogen-bond acceptors (Lipinski definition) is 5. The lowest BCUT2D eigenvalue weighted by molar-refractivity contribution is 0.575. The first-order chi connectivity index (χ1) is 8.95. The average molecular weight is 343 g/mol. The van der Waals surface area contributed by atoms with Crippen LogP contribution in [0.3, 0.4) is 0 Å². The molecule has 0 aliphatic heterocycles. The number of imidazole rings is 1.